The van der Waals surface area contributed by atoms with Gasteiger partial charge in [-0.1, -0.05) is 0 Å². The van der Waals surface area contributed by atoms with Gasteiger partial charge in [0.05, 0.1) is 7.11 Å². The van der Waals surface area contributed by atoms with E-state index in [1.54, 1.807) is 41.5 Å². The van der Waals surface area contributed by atoms with E-state index in [4.69, 9.17) is 19.9 Å². The van der Waals surface area contributed by atoms with Crippen LogP contribution in [0.15, 0.2) is 0 Å². The van der Waals surface area contributed by atoms with Crippen molar-refractivity contribution in [3.8, 4) is 0 Å². The van der Waals surface area contributed by atoms with Gasteiger partial charge in [-0.05, 0) is 73.8 Å². The van der Waals surface area contributed by atoms with E-state index in [9.17, 15) is 24.0 Å². The van der Waals surface area contributed by atoms with Crippen molar-refractivity contribution in [1.29, 1.82) is 0 Å². The second kappa shape index (κ2) is 16.0. The molecule has 2 atom stereocenters. The summed E-state index contributed by atoms with van der Waals surface area (Å²) < 4.78 is 15.3. The minimum atomic E-state index is -1.18. The second-order valence-electron chi connectivity index (χ2n) is 10.3. The molecule has 0 saturated carbocycles. The summed E-state index contributed by atoms with van der Waals surface area (Å²) in [5, 5.41) is 7.59. The van der Waals surface area contributed by atoms with Crippen LogP contribution >= 0.6 is 0 Å². The van der Waals surface area contributed by atoms with Crippen molar-refractivity contribution in [2.24, 2.45) is 5.73 Å². The Morgan fingerprint density at radius 2 is 1.31 bits per heavy atom. The molecule has 0 heterocycles. The zero-order chi connectivity index (χ0) is 27.9. The number of carbonyl (C=O) groups excluding carboxylic acids is 5. The van der Waals surface area contributed by atoms with Crippen LogP contribution in [0.1, 0.15) is 80.1 Å². The van der Waals surface area contributed by atoms with Gasteiger partial charge in [0.15, 0.2) is 0 Å². The predicted molar refractivity (Wildman–Crippen MR) is 133 cm³/mol. The number of amides is 3. The summed E-state index contributed by atoms with van der Waals surface area (Å²) in [6.07, 6.45) is 1.24. The van der Waals surface area contributed by atoms with Crippen LogP contribution in [0.4, 0.5) is 4.79 Å². The lowest BCUT2D eigenvalue weighted by Crippen LogP contribution is -2.52. The van der Waals surface area contributed by atoms with Crippen LogP contribution in [0.5, 0.6) is 0 Å². The van der Waals surface area contributed by atoms with Crippen molar-refractivity contribution in [2.45, 2.75) is 103 Å². The number of carbonyl (C=O) groups is 5. The van der Waals surface area contributed by atoms with Crippen LogP contribution < -0.4 is 21.7 Å². The molecule has 0 rings (SSSR count). The number of ether oxygens (including phenoxy) is 3. The Kier molecular flexibility index (Phi) is 14.7. The van der Waals surface area contributed by atoms with Gasteiger partial charge in [0.1, 0.15) is 23.3 Å². The molecule has 0 aromatic rings. The monoisotopic (exact) mass is 516 g/mol. The van der Waals surface area contributed by atoms with Crippen LogP contribution in [0.2, 0.25) is 0 Å². The summed E-state index contributed by atoms with van der Waals surface area (Å²) in [5.41, 5.74) is 3.89. The lowest BCUT2D eigenvalue weighted by molar-refractivity contribution is -0.158. The molecular weight excluding hydrogens is 472 g/mol. The molecule has 0 radical (unpaired) electrons. The molecule has 3 amide bonds. The van der Waals surface area contributed by atoms with Crippen molar-refractivity contribution < 1.29 is 38.2 Å². The highest BCUT2D eigenvalue weighted by Gasteiger charge is 2.30. The Morgan fingerprint density at radius 3 is 1.81 bits per heavy atom. The molecule has 0 saturated heterocycles. The molecule has 0 aliphatic carbocycles. The Labute approximate surface area is 213 Å². The number of hydrogen-bond donors (Lipinski definition) is 4. The Bertz CT molecular complexity index is 743. The number of urea groups is 1. The molecule has 208 valence electrons. The van der Waals surface area contributed by atoms with Crippen LogP contribution in [-0.4, -0.2) is 73.3 Å². The average molecular weight is 517 g/mol. The van der Waals surface area contributed by atoms with Gasteiger partial charge in [0.25, 0.3) is 0 Å². The minimum Gasteiger partial charge on any atom is -0.467 e. The van der Waals surface area contributed by atoms with Crippen LogP contribution in [-0.2, 0) is 33.4 Å². The fourth-order valence-electron chi connectivity index (χ4n) is 2.89. The SMILES string of the molecule is COC(=O)C(CCC(=O)NCCCCN)NC(=O)NC(CCC(=O)OC(C)(C)C)C(=O)OC(C)(C)C. The van der Waals surface area contributed by atoms with Gasteiger partial charge in [-0.2, -0.15) is 0 Å². The van der Waals surface area contributed by atoms with Gasteiger partial charge in [-0.15, -0.1) is 0 Å². The molecule has 0 aromatic carbocycles. The normalized spacial score (nSPS) is 13.1. The van der Waals surface area contributed by atoms with Gasteiger partial charge < -0.3 is 35.9 Å². The molecule has 0 aromatic heterocycles. The van der Waals surface area contributed by atoms with Crippen LogP contribution in [0, 0.1) is 0 Å². The zero-order valence-electron chi connectivity index (χ0n) is 22.7. The number of esters is 3. The van der Waals surface area contributed by atoms with E-state index in [1.807, 2.05) is 0 Å². The van der Waals surface area contributed by atoms with Crippen molar-refractivity contribution in [2.75, 3.05) is 20.2 Å². The van der Waals surface area contributed by atoms with E-state index in [0.717, 1.165) is 20.0 Å². The van der Waals surface area contributed by atoms with Crippen LogP contribution in [0.3, 0.4) is 0 Å². The fraction of sp³-hybridized carbons (Fsp3) is 0.792. The number of rotatable bonds is 14. The smallest absolute Gasteiger partial charge is 0.329 e. The molecular formula is C24H44N4O8. The quantitative estimate of drug-likeness (QED) is 0.151. The summed E-state index contributed by atoms with van der Waals surface area (Å²) in [5.74, 6) is -2.31. The maximum Gasteiger partial charge on any atom is 0.329 e. The highest BCUT2D eigenvalue weighted by atomic mass is 16.6. The molecule has 2 unspecified atom stereocenters. The van der Waals surface area contributed by atoms with E-state index in [-0.39, 0.29) is 31.6 Å². The number of nitrogens with one attached hydrogen (secondary N) is 3. The van der Waals surface area contributed by atoms with E-state index in [0.29, 0.717) is 13.1 Å². The summed E-state index contributed by atoms with van der Waals surface area (Å²) in [6.45, 7) is 11.2. The fourth-order valence-corrected chi connectivity index (χ4v) is 2.89. The van der Waals surface area contributed by atoms with E-state index in [2.05, 4.69) is 16.0 Å². The molecule has 12 heteroatoms. The highest BCUT2D eigenvalue weighted by molar-refractivity contribution is 5.88. The van der Waals surface area contributed by atoms with Gasteiger partial charge in [0, 0.05) is 19.4 Å². The first-order valence-corrected chi connectivity index (χ1v) is 12.1. The lowest BCUT2D eigenvalue weighted by Gasteiger charge is -2.26. The third-order valence-electron chi connectivity index (χ3n) is 4.46. The van der Waals surface area contributed by atoms with Crippen molar-refractivity contribution >= 4 is 29.8 Å². The maximum atomic E-state index is 12.7. The molecule has 12 nitrogen and oxygen atoms in total. The molecule has 0 aliphatic heterocycles. The third-order valence-corrected chi connectivity index (χ3v) is 4.46. The average Bonchev–Trinajstić information content (AvgIpc) is 2.73. The maximum absolute atomic E-state index is 12.7. The topological polar surface area (TPSA) is 175 Å². The Hall–Kier alpha value is -2.89. The van der Waals surface area contributed by atoms with E-state index < -0.39 is 47.2 Å². The lowest BCUT2D eigenvalue weighted by atomic mass is 10.1. The summed E-state index contributed by atoms with van der Waals surface area (Å²) in [4.78, 5) is 61.6. The first-order valence-electron chi connectivity index (χ1n) is 12.1. The highest BCUT2D eigenvalue weighted by Crippen LogP contribution is 2.13. The van der Waals surface area contributed by atoms with Crippen molar-refractivity contribution in [1.82, 2.24) is 16.0 Å². The summed E-state index contributed by atoms with van der Waals surface area (Å²) in [6, 6.07) is -3.16. The van der Waals surface area contributed by atoms with Gasteiger partial charge in [0.2, 0.25) is 5.91 Å². The number of methoxy groups -OCH3 is 1. The Morgan fingerprint density at radius 1 is 0.778 bits per heavy atom. The van der Waals surface area contributed by atoms with Crippen molar-refractivity contribution in [3.05, 3.63) is 0 Å². The predicted octanol–water partition coefficient (Wildman–Crippen LogP) is 1.29. The van der Waals surface area contributed by atoms with Gasteiger partial charge in [-0.3, -0.25) is 9.59 Å². The first-order chi connectivity index (χ1) is 16.6. The largest absolute Gasteiger partial charge is 0.467 e. The molecule has 0 spiro atoms. The number of nitrogens with two attached hydrogens (primary N) is 1. The zero-order valence-corrected chi connectivity index (χ0v) is 22.7. The molecule has 0 fully saturated rings. The second-order valence-corrected chi connectivity index (χ2v) is 10.3. The van der Waals surface area contributed by atoms with E-state index in [1.165, 1.54) is 0 Å². The standard InChI is InChI=1S/C24H44N4O8/c1-23(2,3)35-19(30)13-11-17(21(32)36-24(4,5)6)28-22(33)27-16(20(31)34-7)10-12-18(29)26-15-9-8-14-25/h16-17H,8-15,25H2,1-7H3,(H,26,29)(H2,27,28,33). The third kappa shape index (κ3) is 16.7. The van der Waals surface area contributed by atoms with E-state index >= 15 is 0 Å². The number of unbranched alkanes of at least 4 members (excludes halogenated alkanes) is 1. The van der Waals surface area contributed by atoms with Gasteiger partial charge in [-0.25, -0.2) is 14.4 Å². The summed E-state index contributed by atoms with van der Waals surface area (Å²) >= 11 is 0. The molecule has 36 heavy (non-hydrogen) atoms. The minimum absolute atomic E-state index is 0.0160. The summed E-state index contributed by atoms with van der Waals surface area (Å²) in [7, 11) is 1.16. The molecule has 0 aliphatic rings. The van der Waals surface area contributed by atoms with Gasteiger partial charge >= 0.3 is 23.9 Å². The molecule has 0 bridgehead atoms. The molecule has 5 N–H and O–H groups in total. The first kappa shape index (κ1) is 33.1. The van der Waals surface area contributed by atoms with Crippen molar-refractivity contribution in [3.63, 3.8) is 0 Å². The Balaban J connectivity index is 5.16. The van der Waals surface area contributed by atoms with Crippen LogP contribution in [0.25, 0.3) is 0 Å². The number of hydrogen-bond acceptors (Lipinski definition) is 9.